The van der Waals surface area contributed by atoms with E-state index in [9.17, 15) is 9.18 Å². The van der Waals surface area contributed by atoms with E-state index in [1.807, 2.05) is 0 Å². The number of carbonyl (C=O) groups is 1. The summed E-state index contributed by atoms with van der Waals surface area (Å²) in [7, 11) is 0. The number of hydrogen-bond acceptors (Lipinski definition) is 3. The SMILES string of the molecule is O=Cc1cnccc1Sc1ccc(F)cc1. The van der Waals surface area contributed by atoms with E-state index >= 15 is 0 Å². The molecule has 0 aliphatic rings. The van der Waals surface area contributed by atoms with Crippen molar-refractivity contribution in [3.8, 4) is 0 Å². The molecule has 80 valence electrons. The van der Waals surface area contributed by atoms with Gasteiger partial charge >= 0.3 is 0 Å². The summed E-state index contributed by atoms with van der Waals surface area (Å²) in [6.45, 7) is 0. The predicted molar refractivity (Wildman–Crippen MR) is 60.1 cm³/mol. The Hall–Kier alpha value is -1.68. The van der Waals surface area contributed by atoms with Crippen LogP contribution in [0.3, 0.4) is 0 Å². The Morgan fingerprint density at radius 3 is 2.62 bits per heavy atom. The van der Waals surface area contributed by atoms with Gasteiger partial charge in [-0.25, -0.2) is 4.39 Å². The third-order valence-electron chi connectivity index (χ3n) is 1.98. The highest BCUT2D eigenvalue weighted by Gasteiger charge is 2.03. The number of nitrogens with zero attached hydrogens (tertiary/aromatic N) is 1. The number of benzene rings is 1. The molecule has 2 rings (SSSR count). The lowest BCUT2D eigenvalue weighted by atomic mass is 10.3. The first-order chi connectivity index (χ1) is 7.79. The molecule has 0 aliphatic carbocycles. The van der Waals surface area contributed by atoms with Gasteiger partial charge < -0.3 is 0 Å². The minimum Gasteiger partial charge on any atom is -0.298 e. The number of rotatable bonds is 3. The third-order valence-corrected chi connectivity index (χ3v) is 3.08. The van der Waals surface area contributed by atoms with E-state index in [1.165, 1.54) is 30.1 Å². The van der Waals surface area contributed by atoms with Gasteiger partial charge in [0.1, 0.15) is 5.82 Å². The van der Waals surface area contributed by atoms with Crippen molar-refractivity contribution in [1.82, 2.24) is 4.98 Å². The van der Waals surface area contributed by atoms with Crippen molar-refractivity contribution in [3.63, 3.8) is 0 Å². The molecule has 0 saturated carbocycles. The molecule has 0 unspecified atom stereocenters. The Balaban J connectivity index is 2.26. The molecule has 0 amide bonds. The zero-order valence-electron chi connectivity index (χ0n) is 8.26. The molecule has 2 aromatic rings. The van der Waals surface area contributed by atoms with Crippen LogP contribution in [0.25, 0.3) is 0 Å². The highest BCUT2D eigenvalue weighted by atomic mass is 32.2. The van der Waals surface area contributed by atoms with Gasteiger partial charge in [0.25, 0.3) is 0 Å². The minimum absolute atomic E-state index is 0.269. The maximum Gasteiger partial charge on any atom is 0.152 e. The average Bonchev–Trinajstić information content (AvgIpc) is 2.33. The molecule has 1 aromatic heterocycles. The van der Waals surface area contributed by atoms with Gasteiger partial charge in [-0.15, -0.1) is 0 Å². The molecule has 0 spiro atoms. The second kappa shape index (κ2) is 4.90. The van der Waals surface area contributed by atoms with E-state index < -0.39 is 0 Å². The van der Waals surface area contributed by atoms with Crippen LogP contribution in [0.4, 0.5) is 4.39 Å². The fraction of sp³-hybridized carbons (Fsp3) is 0. The van der Waals surface area contributed by atoms with Crippen LogP contribution in [-0.2, 0) is 0 Å². The summed E-state index contributed by atoms with van der Waals surface area (Å²) in [5.41, 5.74) is 0.539. The minimum atomic E-state index is -0.269. The lowest BCUT2D eigenvalue weighted by Gasteiger charge is -2.03. The molecule has 0 bridgehead atoms. The maximum absolute atomic E-state index is 12.7. The van der Waals surface area contributed by atoms with E-state index in [0.717, 1.165) is 16.1 Å². The Bertz CT molecular complexity index is 499. The number of halogens is 1. The quantitative estimate of drug-likeness (QED) is 0.763. The van der Waals surface area contributed by atoms with Crippen LogP contribution in [0.1, 0.15) is 10.4 Å². The molecular formula is C12H8FNOS. The largest absolute Gasteiger partial charge is 0.298 e. The second-order valence-electron chi connectivity index (χ2n) is 3.09. The van der Waals surface area contributed by atoms with Crippen molar-refractivity contribution in [1.29, 1.82) is 0 Å². The molecule has 1 heterocycles. The molecule has 0 N–H and O–H groups in total. The summed E-state index contributed by atoms with van der Waals surface area (Å²) in [6, 6.07) is 7.90. The highest BCUT2D eigenvalue weighted by molar-refractivity contribution is 7.99. The van der Waals surface area contributed by atoms with Gasteiger partial charge in [-0.2, -0.15) is 0 Å². The Morgan fingerprint density at radius 2 is 1.94 bits per heavy atom. The maximum atomic E-state index is 12.7. The molecular weight excluding hydrogens is 225 g/mol. The first-order valence-corrected chi connectivity index (χ1v) is 5.44. The van der Waals surface area contributed by atoms with Gasteiger partial charge in [0.15, 0.2) is 6.29 Å². The number of carbonyl (C=O) groups excluding carboxylic acids is 1. The molecule has 0 radical (unpaired) electrons. The second-order valence-corrected chi connectivity index (χ2v) is 4.20. The van der Waals surface area contributed by atoms with E-state index in [1.54, 1.807) is 24.4 Å². The van der Waals surface area contributed by atoms with Crippen molar-refractivity contribution in [2.45, 2.75) is 9.79 Å². The van der Waals surface area contributed by atoms with Crippen LogP contribution in [-0.4, -0.2) is 11.3 Å². The molecule has 4 heteroatoms. The number of aromatic nitrogens is 1. The lowest BCUT2D eigenvalue weighted by molar-refractivity contribution is 0.112. The predicted octanol–water partition coefficient (Wildman–Crippen LogP) is 3.18. The summed E-state index contributed by atoms with van der Waals surface area (Å²) in [5.74, 6) is -0.269. The van der Waals surface area contributed by atoms with Crippen molar-refractivity contribution >= 4 is 18.0 Å². The fourth-order valence-corrected chi connectivity index (χ4v) is 2.08. The van der Waals surface area contributed by atoms with Crippen LogP contribution < -0.4 is 0 Å². The summed E-state index contributed by atoms with van der Waals surface area (Å²) in [6.07, 6.45) is 3.90. The molecule has 0 aliphatic heterocycles. The van der Waals surface area contributed by atoms with E-state index in [-0.39, 0.29) is 5.82 Å². The van der Waals surface area contributed by atoms with Crippen molar-refractivity contribution in [3.05, 3.63) is 54.1 Å². The summed E-state index contributed by atoms with van der Waals surface area (Å²) >= 11 is 1.41. The molecule has 2 nitrogen and oxygen atoms in total. The zero-order valence-corrected chi connectivity index (χ0v) is 9.08. The van der Waals surface area contributed by atoms with Crippen LogP contribution >= 0.6 is 11.8 Å². The van der Waals surface area contributed by atoms with Crippen LogP contribution in [0.15, 0.2) is 52.5 Å². The fourth-order valence-electron chi connectivity index (χ4n) is 1.20. The van der Waals surface area contributed by atoms with E-state index in [4.69, 9.17) is 0 Å². The number of pyridine rings is 1. The summed E-state index contributed by atoms with van der Waals surface area (Å²) in [4.78, 5) is 16.3. The van der Waals surface area contributed by atoms with Gasteiger partial charge in [-0.3, -0.25) is 9.78 Å². The van der Waals surface area contributed by atoms with E-state index in [0.29, 0.717) is 5.56 Å². The third kappa shape index (κ3) is 2.46. The first-order valence-electron chi connectivity index (χ1n) is 4.62. The molecule has 0 fully saturated rings. The lowest BCUT2D eigenvalue weighted by Crippen LogP contribution is -1.86. The van der Waals surface area contributed by atoms with Crippen LogP contribution in [0.2, 0.25) is 0 Å². The van der Waals surface area contributed by atoms with Crippen molar-refractivity contribution in [2.24, 2.45) is 0 Å². The van der Waals surface area contributed by atoms with Gasteiger partial charge in [0.05, 0.1) is 0 Å². The smallest absolute Gasteiger partial charge is 0.152 e. The number of hydrogen-bond donors (Lipinski definition) is 0. The average molecular weight is 233 g/mol. The van der Waals surface area contributed by atoms with Gasteiger partial charge in [0, 0.05) is 27.7 Å². The van der Waals surface area contributed by atoms with Crippen LogP contribution in [0.5, 0.6) is 0 Å². The standard InChI is InChI=1S/C12H8FNOS/c13-10-1-3-11(4-2-10)16-12-5-6-14-7-9(12)8-15/h1-8H. The topological polar surface area (TPSA) is 30.0 Å². The molecule has 1 aromatic carbocycles. The summed E-state index contributed by atoms with van der Waals surface area (Å²) < 4.78 is 12.7. The molecule has 0 atom stereocenters. The number of aldehydes is 1. The van der Waals surface area contributed by atoms with Gasteiger partial charge in [-0.05, 0) is 30.3 Å². The Labute approximate surface area is 96.5 Å². The van der Waals surface area contributed by atoms with Gasteiger partial charge in [0.2, 0.25) is 0 Å². The molecule has 16 heavy (non-hydrogen) atoms. The monoisotopic (exact) mass is 233 g/mol. The molecule has 0 saturated heterocycles. The van der Waals surface area contributed by atoms with Crippen molar-refractivity contribution in [2.75, 3.05) is 0 Å². The van der Waals surface area contributed by atoms with Crippen molar-refractivity contribution < 1.29 is 9.18 Å². The van der Waals surface area contributed by atoms with E-state index in [2.05, 4.69) is 4.98 Å². The first kappa shape index (κ1) is 10.8. The zero-order chi connectivity index (χ0) is 11.4. The Kier molecular flexibility index (Phi) is 3.31. The Morgan fingerprint density at radius 1 is 1.19 bits per heavy atom. The van der Waals surface area contributed by atoms with Gasteiger partial charge in [-0.1, -0.05) is 11.8 Å². The van der Waals surface area contributed by atoms with Crippen LogP contribution in [0, 0.1) is 5.82 Å². The normalized spacial score (nSPS) is 10.1. The highest BCUT2D eigenvalue weighted by Crippen LogP contribution is 2.29. The summed E-state index contributed by atoms with van der Waals surface area (Å²) in [5, 5.41) is 0.